The molecule has 0 aliphatic carbocycles. The first kappa shape index (κ1) is 25.1. The van der Waals surface area contributed by atoms with Gasteiger partial charge in [-0.05, 0) is 66.6 Å². The summed E-state index contributed by atoms with van der Waals surface area (Å²) in [5, 5.41) is 8.90. The SMILES string of the molecule is c1ccc(B2c3cccc4c3N(c3oc5ccccc5c32)c2c3c(cc5c6ccccc6c6ccccc6c25)-c2ccccc2B43)cc1. The Hall–Kier alpha value is -5.99. The first-order valence-corrected chi connectivity index (χ1v) is 16.9. The van der Waals surface area contributed by atoms with Crippen molar-refractivity contribution < 1.29 is 4.42 Å². The summed E-state index contributed by atoms with van der Waals surface area (Å²) >= 11 is 0. The lowest BCUT2D eigenvalue weighted by molar-refractivity contribution is 0.623. The lowest BCUT2D eigenvalue weighted by Crippen LogP contribution is -2.63. The minimum Gasteiger partial charge on any atom is -0.440 e. The van der Waals surface area contributed by atoms with Gasteiger partial charge in [0.25, 0.3) is 6.71 Å². The first-order valence-electron chi connectivity index (χ1n) is 16.9. The fourth-order valence-electron chi connectivity index (χ4n) is 9.54. The van der Waals surface area contributed by atoms with Crippen molar-refractivity contribution in [3.8, 4) is 11.1 Å². The molecule has 0 spiro atoms. The lowest BCUT2D eigenvalue weighted by Gasteiger charge is -2.41. The topological polar surface area (TPSA) is 16.4 Å². The highest BCUT2D eigenvalue weighted by Gasteiger charge is 2.49. The van der Waals surface area contributed by atoms with Gasteiger partial charge in [0, 0.05) is 21.9 Å². The Balaban J connectivity index is 1.34. The zero-order valence-electron chi connectivity index (χ0n) is 25.9. The number of anilines is 3. The van der Waals surface area contributed by atoms with Crippen LogP contribution >= 0.6 is 0 Å². The summed E-state index contributed by atoms with van der Waals surface area (Å²) in [5.41, 5.74) is 14.1. The molecule has 218 valence electrons. The standard InChI is InChI=1S/C44H25B2NO/c1-2-13-26(14-3-1)45-36-22-12-23-37-42(36)47(44-41(45)32-20-9-11-24-38(32)48-44)43-39-31-19-7-6-16-28(31)27-15-4-5-17-29(27)33(39)25-34-30-18-8-10-21-35(30)46(37)40(34)43/h1-25H. The molecule has 0 unspecified atom stereocenters. The molecular formula is C44H25B2NO. The average Bonchev–Trinajstić information content (AvgIpc) is 3.70. The van der Waals surface area contributed by atoms with Crippen molar-refractivity contribution in [3.63, 3.8) is 0 Å². The molecule has 48 heavy (non-hydrogen) atoms. The predicted molar refractivity (Wildman–Crippen MR) is 205 cm³/mol. The zero-order chi connectivity index (χ0) is 31.1. The van der Waals surface area contributed by atoms with E-state index in [9.17, 15) is 0 Å². The maximum atomic E-state index is 7.10. The van der Waals surface area contributed by atoms with Gasteiger partial charge >= 0.3 is 0 Å². The minimum absolute atomic E-state index is 0.0428. The summed E-state index contributed by atoms with van der Waals surface area (Å²) < 4.78 is 7.10. The number of fused-ring (bicyclic) bond motifs is 16. The fourth-order valence-corrected chi connectivity index (χ4v) is 9.54. The summed E-state index contributed by atoms with van der Waals surface area (Å²) in [5.74, 6) is 0.936. The molecule has 0 N–H and O–H groups in total. The molecule has 0 amide bonds. The summed E-state index contributed by atoms with van der Waals surface area (Å²) in [6, 6.07) is 56.1. The van der Waals surface area contributed by atoms with Crippen molar-refractivity contribution in [1.82, 2.24) is 0 Å². The van der Waals surface area contributed by atoms with Crippen LogP contribution < -0.4 is 37.7 Å². The summed E-state index contributed by atoms with van der Waals surface area (Å²) in [6.45, 7) is 0.177. The molecule has 0 atom stereocenters. The highest BCUT2D eigenvalue weighted by Crippen LogP contribution is 2.49. The van der Waals surface area contributed by atoms with Crippen LogP contribution in [-0.4, -0.2) is 13.4 Å². The molecule has 0 fully saturated rings. The molecule has 4 heterocycles. The Bertz CT molecular complexity index is 2870. The third-order valence-electron chi connectivity index (χ3n) is 11.3. The van der Waals surface area contributed by atoms with Crippen LogP contribution in [0.5, 0.6) is 0 Å². The third-order valence-corrected chi connectivity index (χ3v) is 11.3. The highest BCUT2D eigenvalue weighted by molar-refractivity contribution is 7.04. The van der Waals surface area contributed by atoms with Crippen LogP contribution in [0.1, 0.15) is 0 Å². The van der Waals surface area contributed by atoms with Crippen LogP contribution in [-0.2, 0) is 0 Å². The summed E-state index contributed by atoms with van der Waals surface area (Å²) in [7, 11) is 0. The van der Waals surface area contributed by atoms with E-state index in [0.29, 0.717) is 0 Å². The zero-order valence-corrected chi connectivity index (χ0v) is 25.9. The van der Waals surface area contributed by atoms with Crippen LogP contribution in [0.25, 0.3) is 54.4 Å². The van der Waals surface area contributed by atoms with Crippen molar-refractivity contribution in [1.29, 1.82) is 0 Å². The van der Waals surface area contributed by atoms with Crippen LogP contribution in [0.15, 0.2) is 156 Å². The molecule has 1 aromatic heterocycles. The van der Waals surface area contributed by atoms with Crippen molar-refractivity contribution in [3.05, 3.63) is 152 Å². The summed E-state index contributed by atoms with van der Waals surface area (Å²) in [4.78, 5) is 2.53. The smallest absolute Gasteiger partial charge is 0.251 e. The third kappa shape index (κ3) is 2.94. The van der Waals surface area contributed by atoms with Crippen molar-refractivity contribution in [2.75, 3.05) is 4.90 Å². The second-order valence-corrected chi connectivity index (χ2v) is 13.5. The summed E-state index contributed by atoms with van der Waals surface area (Å²) in [6.07, 6.45) is 0. The Labute approximate surface area is 278 Å². The van der Waals surface area contributed by atoms with Gasteiger partial charge in [-0.2, -0.15) is 0 Å². The monoisotopic (exact) mass is 605 g/mol. The van der Waals surface area contributed by atoms with Crippen LogP contribution in [0, 0.1) is 0 Å². The van der Waals surface area contributed by atoms with E-state index >= 15 is 0 Å². The molecular weight excluding hydrogens is 580 g/mol. The van der Waals surface area contributed by atoms with E-state index in [1.54, 1.807) is 0 Å². The van der Waals surface area contributed by atoms with Gasteiger partial charge in [-0.15, -0.1) is 0 Å². The molecule has 9 aromatic rings. The van der Waals surface area contributed by atoms with Gasteiger partial charge in [-0.1, -0.05) is 150 Å². The Kier molecular flexibility index (Phi) is 4.65. The van der Waals surface area contributed by atoms with Gasteiger partial charge in [0.2, 0.25) is 12.6 Å². The van der Waals surface area contributed by atoms with E-state index in [2.05, 4.69) is 157 Å². The molecule has 0 saturated heterocycles. The molecule has 0 saturated carbocycles. The molecule has 3 aliphatic rings. The van der Waals surface area contributed by atoms with Gasteiger partial charge < -0.3 is 4.42 Å². The highest BCUT2D eigenvalue weighted by atomic mass is 16.4. The Morgan fingerprint density at radius 1 is 0.417 bits per heavy atom. The number of rotatable bonds is 1. The number of hydrogen-bond acceptors (Lipinski definition) is 2. The van der Waals surface area contributed by atoms with Crippen molar-refractivity contribution in [2.45, 2.75) is 0 Å². The Morgan fingerprint density at radius 2 is 1.02 bits per heavy atom. The number of nitrogens with zero attached hydrogens (tertiary/aromatic N) is 1. The van der Waals surface area contributed by atoms with Crippen molar-refractivity contribution in [2.24, 2.45) is 0 Å². The van der Waals surface area contributed by atoms with Gasteiger partial charge in [0.15, 0.2) is 0 Å². The molecule has 0 bridgehead atoms. The number of benzene rings is 8. The normalized spacial score (nSPS) is 13.7. The molecule has 8 aromatic carbocycles. The second kappa shape index (κ2) is 8.87. The average molecular weight is 605 g/mol. The molecule has 4 heteroatoms. The second-order valence-electron chi connectivity index (χ2n) is 13.5. The first-order chi connectivity index (χ1) is 23.9. The van der Waals surface area contributed by atoms with E-state index < -0.39 is 0 Å². The van der Waals surface area contributed by atoms with Gasteiger partial charge in [0.05, 0.1) is 5.69 Å². The largest absolute Gasteiger partial charge is 0.440 e. The maximum Gasteiger partial charge on any atom is 0.251 e. The molecule has 12 rings (SSSR count). The van der Waals surface area contributed by atoms with E-state index in [0.717, 1.165) is 11.5 Å². The van der Waals surface area contributed by atoms with Gasteiger partial charge in [-0.3, -0.25) is 4.90 Å². The van der Waals surface area contributed by atoms with Crippen LogP contribution in [0.2, 0.25) is 0 Å². The maximum absolute atomic E-state index is 7.10. The van der Waals surface area contributed by atoms with E-state index in [1.165, 1.54) is 93.0 Å². The van der Waals surface area contributed by atoms with Gasteiger partial charge in [0.1, 0.15) is 5.58 Å². The van der Waals surface area contributed by atoms with Crippen LogP contribution in [0.3, 0.4) is 0 Å². The van der Waals surface area contributed by atoms with Gasteiger partial charge in [-0.25, -0.2) is 0 Å². The fraction of sp³-hybridized carbons (Fsp3) is 0. The number of para-hydroxylation sites is 2. The number of furan rings is 1. The minimum atomic E-state index is 0.0428. The predicted octanol–water partition coefficient (Wildman–Crippen LogP) is 7.00. The molecule has 2 nitrogen and oxygen atoms in total. The van der Waals surface area contributed by atoms with Crippen LogP contribution in [0.4, 0.5) is 17.3 Å². The molecule has 3 aliphatic heterocycles. The number of hydrogen-bond donors (Lipinski definition) is 0. The quantitative estimate of drug-likeness (QED) is 0.148. The lowest BCUT2D eigenvalue weighted by atomic mass is 9.31. The van der Waals surface area contributed by atoms with E-state index in [1.807, 2.05) is 0 Å². The molecule has 0 radical (unpaired) electrons. The Morgan fingerprint density at radius 3 is 1.83 bits per heavy atom. The van der Waals surface area contributed by atoms with E-state index in [-0.39, 0.29) is 13.4 Å². The van der Waals surface area contributed by atoms with Crippen molar-refractivity contribution >= 4 is 107 Å². The van der Waals surface area contributed by atoms with E-state index in [4.69, 9.17) is 4.42 Å².